The fraction of sp³-hybridized carbons (Fsp3) is 0.588. The fourth-order valence-electron chi connectivity index (χ4n) is 3.15. The number of nitrogens with zero attached hydrogens (tertiary/aromatic N) is 1. The van der Waals surface area contributed by atoms with Crippen LogP contribution in [0, 0.1) is 10.1 Å². The molecule has 1 amide bonds. The van der Waals surface area contributed by atoms with E-state index < -0.39 is 16.1 Å². The Kier molecular flexibility index (Phi) is 5.04. The van der Waals surface area contributed by atoms with Crippen LogP contribution in [0.25, 0.3) is 0 Å². The van der Waals surface area contributed by atoms with Crippen LogP contribution in [-0.4, -0.2) is 21.5 Å². The first-order valence-corrected chi connectivity index (χ1v) is 8.00. The molecule has 2 rings (SSSR count). The van der Waals surface area contributed by atoms with Gasteiger partial charge < -0.3 is 10.4 Å². The highest BCUT2D eigenvalue weighted by Gasteiger charge is 2.33. The van der Waals surface area contributed by atoms with E-state index in [1.54, 1.807) is 12.1 Å². The summed E-state index contributed by atoms with van der Waals surface area (Å²) in [5, 5.41) is 24.1. The Labute approximate surface area is 136 Å². The van der Waals surface area contributed by atoms with Gasteiger partial charge in [-0.05, 0) is 44.4 Å². The minimum atomic E-state index is -0.895. The topological polar surface area (TPSA) is 92.5 Å². The maximum atomic E-state index is 12.3. The molecule has 1 aliphatic carbocycles. The second-order valence-corrected chi connectivity index (χ2v) is 6.94. The summed E-state index contributed by atoms with van der Waals surface area (Å²) < 4.78 is 0. The largest absolute Gasteiger partial charge is 0.389 e. The number of nitro benzene ring substituents is 1. The molecular weight excluding hydrogens is 296 g/mol. The fourth-order valence-corrected chi connectivity index (χ4v) is 3.15. The van der Waals surface area contributed by atoms with E-state index in [0.29, 0.717) is 12.8 Å². The van der Waals surface area contributed by atoms with E-state index in [9.17, 15) is 20.0 Å². The van der Waals surface area contributed by atoms with Gasteiger partial charge in [-0.15, -0.1) is 0 Å². The number of hydrogen-bond donors (Lipinski definition) is 2. The number of rotatable bonds is 5. The summed E-state index contributed by atoms with van der Waals surface area (Å²) in [6.45, 7) is 3.69. The van der Waals surface area contributed by atoms with Gasteiger partial charge in [0, 0.05) is 12.1 Å². The van der Waals surface area contributed by atoms with Gasteiger partial charge in [0.05, 0.1) is 22.5 Å². The minimum absolute atomic E-state index is 0.0207. The molecule has 1 aliphatic rings. The zero-order valence-electron chi connectivity index (χ0n) is 13.7. The van der Waals surface area contributed by atoms with Gasteiger partial charge in [0.2, 0.25) is 5.91 Å². The number of aliphatic hydroxyl groups is 1. The van der Waals surface area contributed by atoms with Crippen molar-refractivity contribution in [2.45, 2.75) is 63.5 Å². The summed E-state index contributed by atoms with van der Waals surface area (Å²) in [7, 11) is 0. The molecule has 0 bridgehead atoms. The molecule has 6 heteroatoms. The lowest BCUT2D eigenvalue weighted by Gasteiger charge is -2.33. The summed E-state index contributed by atoms with van der Waals surface area (Å²) in [5.74, 6) is -0.197. The molecule has 0 saturated heterocycles. The smallest absolute Gasteiger partial charge is 0.269 e. The van der Waals surface area contributed by atoms with E-state index in [-0.39, 0.29) is 18.0 Å². The summed E-state index contributed by atoms with van der Waals surface area (Å²) in [6.07, 6.45) is 4.45. The summed E-state index contributed by atoms with van der Waals surface area (Å²) in [5.41, 5.74) is -0.745. The molecule has 1 aromatic rings. The van der Waals surface area contributed by atoms with Gasteiger partial charge in [0.25, 0.3) is 5.69 Å². The standard InChI is InChI=1S/C17H24N2O4/c1-16(2,13-6-8-14(9-7-13)19(22)23)18-15(20)12-17(21)10-4-3-5-11-17/h6-9,21H,3-5,10-12H2,1-2H3,(H,18,20). The third-order valence-corrected chi connectivity index (χ3v) is 4.53. The molecule has 2 N–H and O–H groups in total. The first-order chi connectivity index (χ1) is 10.7. The predicted octanol–water partition coefficient (Wildman–Crippen LogP) is 3.03. The van der Waals surface area contributed by atoms with Gasteiger partial charge in [0.15, 0.2) is 0 Å². The van der Waals surface area contributed by atoms with E-state index in [2.05, 4.69) is 5.32 Å². The molecule has 126 valence electrons. The lowest BCUT2D eigenvalue weighted by molar-refractivity contribution is -0.384. The highest BCUT2D eigenvalue weighted by molar-refractivity contribution is 5.78. The van der Waals surface area contributed by atoms with Crippen LogP contribution >= 0.6 is 0 Å². The van der Waals surface area contributed by atoms with Crippen LogP contribution in [0.5, 0.6) is 0 Å². The van der Waals surface area contributed by atoms with E-state index in [1.165, 1.54) is 12.1 Å². The molecule has 0 unspecified atom stereocenters. The van der Waals surface area contributed by atoms with Crippen molar-refractivity contribution in [2.24, 2.45) is 0 Å². The number of carbonyl (C=O) groups excluding carboxylic acids is 1. The van der Waals surface area contributed by atoms with Crippen molar-refractivity contribution >= 4 is 11.6 Å². The number of amides is 1. The zero-order valence-corrected chi connectivity index (χ0v) is 13.7. The molecule has 0 heterocycles. The maximum Gasteiger partial charge on any atom is 0.269 e. The molecule has 6 nitrogen and oxygen atoms in total. The minimum Gasteiger partial charge on any atom is -0.389 e. The molecular formula is C17H24N2O4. The van der Waals surface area contributed by atoms with E-state index in [1.807, 2.05) is 13.8 Å². The maximum absolute atomic E-state index is 12.3. The third-order valence-electron chi connectivity index (χ3n) is 4.53. The quantitative estimate of drug-likeness (QED) is 0.644. The first-order valence-electron chi connectivity index (χ1n) is 8.00. The summed E-state index contributed by atoms with van der Waals surface area (Å²) >= 11 is 0. The average Bonchev–Trinajstić information content (AvgIpc) is 2.46. The Morgan fingerprint density at radius 1 is 1.26 bits per heavy atom. The van der Waals surface area contributed by atoms with Gasteiger partial charge in [-0.2, -0.15) is 0 Å². The summed E-state index contributed by atoms with van der Waals surface area (Å²) in [4.78, 5) is 22.6. The van der Waals surface area contributed by atoms with Crippen LogP contribution in [0.4, 0.5) is 5.69 Å². The second-order valence-electron chi connectivity index (χ2n) is 6.94. The van der Waals surface area contributed by atoms with Crippen LogP contribution in [0.3, 0.4) is 0 Å². The van der Waals surface area contributed by atoms with Crippen LogP contribution in [0.15, 0.2) is 24.3 Å². The van der Waals surface area contributed by atoms with Crippen LogP contribution in [0.2, 0.25) is 0 Å². The second kappa shape index (κ2) is 6.66. The Balaban J connectivity index is 2.01. The van der Waals surface area contributed by atoms with Crippen molar-refractivity contribution in [1.82, 2.24) is 5.32 Å². The van der Waals surface area contributed by atoms with Crippen molar-refractivity contribution in [3.05, 3.63) is 39.9 Å². The number of carbonyl (C=O) groups is 1. The van der Waals surface area contributed by atoms with Crippen LogP contribution in [0.1, 0.15) is 57.9 Å². The Bertz CT molecular complexity index is 575. The third kappa shape index (κ3) is 4.51. The van der Waals surface area contributed by atoms with E-state index in [0.717, 1.165) is 24.8 Å². The zero-order chi connectivity index (χ0) is 17.1. The molecule has 23 heavy (non-hydrogen) atoms. The molecule has 1 fully saturated rings. The summed E-state index contributed by atoms with van der Waals surface area (Å²) in [6, 6.07) is 6.15. The number of benzene rings is 1. The molecule has 1 saturated carbocycles. The van der Waals surface area contributed by atoms with Crippen molar-refractivity contribution in [2.75, 3.05) is 0 Å². The van der Waals surface area contributed by atoms with Gasteiger partial charge in [-0.1, -0.05) is 19.3 Å². The normalized spacial score (nSPS) is 17.5. The molecule has 0 spiro atoms. The molecule has 0 radical (unpaired) electrons. The van der Waals surface area contributed by atoms with E-state index >= 15 is 0 Å². The van der Waals surface area contributed by atoms with Gasteiger partial charge >= 0.3 is 0 Å². The van der Waals surface area contributed by atoms with Gasteiger partial charge in [0.1, 0.15) is 0 Å². The van der Waals surface area contributed by atoms with Crippen molar-refractivity contribution in [1.29, 1.82) is 0 Å². The predicted molar refractivity (Wildman–Crippen MR) is 86.9 cm³/mol. The molecule has 1 aromatic carbocycles. The number of non-ortho nitro benzene ring substituents is 1. The van der Waals surface area contributed by atoms with Crippen molar-refractivity contribution < 1.29 is 14.8 Å². The van der Waals surface area contributed by atoms with E-state index in [4.69, 9.17) is 0 Å². The SMILES string of the molecule is CC(C)(NC(=O)CC1(O)CCCCC1)c1ccc([N+](=O)[O-])cc1. The monoisotopic (exact) mass is 320 g/mol. The highest BCUT2D eigenvalue weighted by atomic mass is 16.6. The first kappa shape index (κ1) is 17.4. The highest BCUT2D eigenvalue weighted by Crippen LogP contribution is 2.31. The van der Waals surface area contributed by atoms with Crippen LogP contribution < -0.4 is 5.32 Å². The van der Waals surface area contributed by atoms with Crippen molar-refractivity contribution in [3.8, 4) is 0 Å². The van der Waals surface area contributed by atoms with Crippen LogP contribution in [-0.2, 0) is 10.3 Å². The molecule has 0 atom stereocenters. The molecule has 0 aromatic heterocycles. The lowest BCUT2D eigenvalue weighted by atomic mass is 9.82. The van der Waals surface area contributed by atoms with Gasteiger partial charge in [-0.3, -0.25) is 14.9 Å². The number of nitro groups is 1. The molecule has 0 aliphatic heterocycles. The Morgan fingerprint density at radius 3 is 2.35 bits per heavy atom. The number of hydrogen-bond acceptors (Lipinski definition) is 4. The lowest BCUT2D eigenvalue weighted by Crippen LogP contribution is -2.45. The Hall–Kier alpha value is -1.95. The van der Waals surface area contributed by atoms with Crippen molar-refractivity contribution in [3.63, 3.8) is 0 Å². The average molecular weight is 320 g/mol. The van der Waals surface area contributed by atoms with Gasteiger partial charge in [-0.25, -0.2) is 0 Å². The Morgan fingerprint density at radius 2 is 1.83 bits per heavy atom. The number of nitrogens with one attached hydrogen (secondary N) is 1.